The molecule has 0 aromatic carbocycles. The zero-order valence-corrected chi connectivity index (χ0v) is 18.0. The van der Waals surface area contributed by atoms with E-state index in [9.17, 15) is 18.3 Å². The molecule has 27 heavy (non-hydrogen) atoms. The fourth-order valence-corrected chi connectivity index (χ4v) is 6.25. The summed E-state index contributed by atoms with van der Waals surface area (Å²) in [5.74, 6) is -0.491. The standard InChI is InChI=1S/C19H36N2O5S/c1-12(18(23)20-10-11-26-4)14-6-8-19(3)9-7-15(21-27(5,24)25)13(2)16(19)17(14)22/h12-17,21-22H,6-11H2,1-5H3,(H,20,23)/t12-,13+,14+,15-,16+,17-,19-/m0/s1. The number of carbonyl (C=O) groups is 1. The summed E-state index contributed by atoms with van der Waals surface area (Å²) in [5.41, 5.74) is -0.0166. The minimum absolute atomic E-state index is 0.0139. The average molecular weight is 405 g/mol. The molecule has 2 aliphatic rings. The summed E-state index contributed by atoms with van der Waals surface area (Å²) in [7, 11) is -1.71. The first-order valence-corrected chi connectivity index (χ1v) is 11.8. The molecule has 0 aromatic heterocycles. The molecule has 0 aromatic rings. The van der Waals surface area contributed by atoms with Crippen LogP contribution < -0.4 is 10.0 Å². The van der Waals surface area contributed by atoms with Gasteiger partial charge in [0.25, 0.3) is 0 Å². The van der Waals surface area contributed by atoms with Crippen molar-refractivity contribution in [2.24, 2.45) is 29.1 Å². The first-order chi connectivity index (χ1) is 12.5. The van der Waals surface area contributed by atoms with Gasteiger partial charge in [0.05, 0.1) is 19.0 Å². The molecule has 0 radical (unpaired) electrons. The van der Waals surface area contributed by atoms with E-state index in [1.165, 1.54) is 6.26 Å². The Labute approximate surface area is 163 Å². The highest BCUT2D eigenvalue weighted by atomic mass is 32.2. The van der Waals surface area contributed by atoms with Crippen molar-refractivity contribution in [3.63, 3.8) is 0 Å². The molecule has 2 fully saturated rings. The van der Waals surface area contributed by atoms with Crippen LogP contribution >= 0.6 is 0 Å². The maximum absolute atomic E-state index is 12.5. The highest BCUT2D eigenvalue weighted by Gasteiger charge is 2.53. The summed E-state index contributed by atoms with van der Waals surface area (Å²) in [6.07, 6.45) is 3.99. The van der Waals surface area contributed by atoms with Crippen LogP contribution in [0.3, 0.4) is 0 Å². The lowest BCUT2D eigenvalue weighted by Crippen LogP contribution is -2.58. The molecule has 1 amide bonds. The number of fused-ring (bicyclic) bond motifs is 1. The molecule has 0 aliphatic heterocycles. The number of hydrogen-bond acceptors (Lipinski definition) is 5. The molecule has 2 aliphatic carbocycles. The predicted octanol–water partition coefficient (Wildman–Crippen LogP) is 1.13. The van der Waals surface area contributed by atoms with Gasteiger partial charge in [-0.3, -0.25) is 4.79 Å². The van der Waals surface area contributed by atoms with E-state index in [0.29, 0.717) is 13.2 Å². The number of aliphatic hydroxyl groups is 1. The van der Waals surface area contributed by atoms with Crippen LogP contribution in [0.1, 0.15) is 46.5 Å². The minimum Gasteiger partial charge on any atom is -0.392 e. The summed E-state index contributed by atoms with van der Waals surface area (Å²) >= 11 is 0. The highest BCUT2D eigenvalue weighted by molar-refractivity contribution is 7.88. The number of ether oxygens (including phenoxy) is 1. The molecule has 0 unspecified atom stereocenters. The van der Waals surface area contributed by atoms with Crippen molar-refractivity contribution < 1.29 is 23.1 Å². The maximum atomic E-state index is 12.5. The topological polar surface area (TPSA) is 105 Å². The van der Waals surface area contributed by atoms with Crippen molar-refractivity contribution in [2.75, 3.05) is 26.5 Å². The number of sulfonamides is 1. The van der Waals surface area contributed by atoms with Crippen molar-refractivity contribution in [1.29, 1.82) is 0 Å². The van der Waals surface area contributed by atoms with E-state index < -0.39 is 16.1 Å². The third-order valence-corrected chi connectivity index (χ3v) is 7.65. The van der Waals surface area contributed by atoms with Crippen LogP contribution in [-0.2, 0) is 19.6 Å². The lowest BCUT2D eigenvalue weighted by molar-refractivity contribution is -0.141. The molecule has 7 atom stereocenters. The smallest absolute Gasteiger partial charge is 0.223 e. The van der Waals surface area contributed by atoms with Gasteiger partial charge in [0, 0.05) is 25.6 Å². The van der Waals surface area contributed by atoms with Crippen LogP contribution in [0.2, 0.25) is 0 Å². The third kappa shape index (κ3) is 5.22. The lowest BCUT2D eigenvalue weighted by atomic mass is 9.52. The van der Waals surface area contributed by atoms with Crippen molar-refractivity contribution in [2.45, 2.75) is 58.6 Å². The van der Waals surface area contributed by atoms with Gasteiger partial charge in [-0.1, -0.05) is 20.8 Å². The molecule has 0 spiro atoms. The first-order valence-electron chi connectivity index (χ1n) is 9.92. The average Bonchev–Trinajstić information content (AvgIpc) is 2.56. The monoisotopic (exact) mass is 404 g/mol. The Balaban J connectivity index is 2.13. The number of rotatable bonds is 7. The molecule has 2 rings (SSSR count). The Morgan fingerprint density at radius 2 is 1.96 bits per heavy atom. The van der Waals surface area contributed by atoms with Crippen LogP contribution in [-0.4, -0.2) is 58.1 Å². The second kappa shape index (κ2) is 8.76. The molecule has 0 bridgehead atoms. The first kappa shape index (κ1) is 22.6. The largest absolute Gasteiger partial charge is 0.392 e. The molecule has 3 N–H and O–H groups in total. The van der Waals surface area contributed by atoms with E-state index in [4.69, 9.17) is 4.74 Å². The van der Waals surface area contributed by atoms with Gasteiger partial charge in [0.15, 0.2) is 0 Å². The van der Waals surface area contributed by atoms with Crippen LogP contribution in [0.5, 0.6) is 0 Å². The molecule has 0 heterocycles. The van der Waals surface area contributed by atoms with Gasteiger partial charge in [-0.15, -0.1) is 0 Å². The molecule has 0 saturated heterocycles. The number of amides is 1. The van der Waals surface area contributed by atoms with Gasteiger partial charge in [-0.05, 0) is 48.9 Å². The Morgan fingerprint density at radius 1 is 1.33 bits per heavy atom. The van der Waals surface area contributed by atoms with Crippen LogP contribution in [0, 0.1) is 29.1 Å². The second-order valence-electron chi connectivity index (χ2n) is 8.84. The molecule has 2 saturated carbocycles. The number of carbonyl (C=O) groups excluding carboxylic acids is 1. The molecule has 7 nitrogen and oxygen atoms in total. The van der Waals surface area contributed by atoms with Crippen LogP contribution in [0.15, 0.2) is 0 Å². The fourth-order valence-electron chi connectivity index (χ4n) is 5.37. The van der Waals surface area contributed by atoms with Crippen LogP contribution in [0.4, 0.5) is 0 Å². The van der Waals surface area contributed by atoms with Gasteiger partial charge in [0.2, 0.25) is 15.9 Å². The van der Waals surface area contributed by atoms with E-state index in [0.717, 1.165) is 25.7 Å². The minimum atomic E-state index is -3.30. The van der Waals surface area contributed by atoms with E-state index in [2.05, 4.69) is 17.0 Å². The Morgan fingerprint density at radius 3 is 2.56 bits per heavy atom. The van der Waals surface area contributed by atoms with Gasteiger partial charge < -0.3 is 15.2 Å². The summed E-state index contributed by atoms with van der Waals surface area (Å²) in [6.45, 7) is 7.02. The third-order valence-electron chi connectivity index (χ3n) is 6.91. The van der Waals surface area contributed by atoms with Crippen LogP contribution in [0.25, 0.3) is 0 Å². The Hall–Kier alpha value is -0.700. The normalized spacial score (nSPS) is 38.1. The zero-order chi connectivity index (χ0) is 20.4. The maximum Gasteiger partial charge on any atom is 0.223 e. The van der Waals surface area contributed by atoms with Gasteiger partial charge in [0.1, 0.15) is 0 Å². The SMILES string of the molecule is COCCNC(=O)[C@@H](C)[C@H]1CC[C@@]2(C)CC[C@H](NS(C)(=O)=O)[C@@H](C)[C@@H]2[C@H]1O. The molecular weight excluding hydrogens is 368 g/mol. The van der Waals surface area contributed by atoms with Crippen molar-refractivity contribution in [3.05, 3.63) is 0 Å². The number of methoxy groups -OCH3 is 1. The van der Waals surface area contributed by atoms with Crippen molar-refractivity contribution in [1.82, 2.24) is 10.0 Å². The quantitative estimate of drug-likeness (QED) is 0.552. The number of aliphatic hydroxyl groups excluding tert-OH is 1. The fraction of sp³-hybridized carbons (Fsp3) is 0.947. The molecule has 8 heteroatoms. The van der Waals surface area contributed by atoms with E-state index in [1.54, 1.807) is 7.11 Å². The van der Waals surface area contributed by atoms with Crippen molar-refractivity contribution >= 4 is 15.9 Å². The summed E-state index contributed by atoms with van der Waals surface area (Å²) in [4.78, 5) is 12.5. The van der Waals surface area contributed by atoms with Gasteiger partial charge in [-0.2, -0.15) is 0 Å². The number of hydrogen-bond donors (Lipinski definition) is 3. The zero-order valence-electron chi connectivity index (χ0n) is 17.2. The summed E-state index contributed by atoms with van der Waals surface area (Å²) < 4.78 is 31.1. The van der Waals surface area contributed by atoms with E-state index in [-0.39, 0.29) is 41.0 Å². The highest BCUT2D eigenvalue weighted by Crippen LogP contribution is 2.55. The summed E-state index contributed by atoms with van der Waals surface area (Å²) in [6, 6.07) is -0.169. The van der Waals surface area contributed by atoms with E-state index >= 15 is 0 Å². The number of nitrogens with one attached hydrogen (secondary N) is 2. The summed E-state index contributed by atoms with van der Waals surface area (Å²) in [5, 5.41) is 14.1. The lowest BCUT2D eigenvalue weighted by Gasteiger charge is -2.56. The molecular formula is C19H36N2O5S. The predicted molar refractivity (Wildman–Crippen MR) is 105 cm³/mol. The Kier molecular flexibility index (Phi) is 7.33. The van der Waals surface area contributed by atoms with Gasteiger partial charge in [-0.25, -0.2) is 13.1 Å². The van der Waals surface area contributed by atoms with E-state index in [1.807, 2.05) is 13.8 Å². The van der Waals surface area contributed by atoms with Gasteiger partial charge >= 0.3 is 0 Å². The molecule has 158 valence electrons. The second-order valence-corrected chi connectivity index (χ2v) is 10.6. The van der Waals surface area contributed by atoms with Crippen molar-refractivity contribution in [3.8, 4) is 0 Å². The Bertz CT molecular complexity index is 626.